The number of benzene rings is 1. The Morgan fingerprint density at radius 2 is 2.23 bits per heavy atom. The first-order chi connectivity index (χ1) is 12.7. The fraction of sp³-hybridized carbons (Fsp3) is 0.176. The number of rotatable bonds is 3. The second-order valence-corrected chi connectivity index (χ2v) is 5.68. The lowest BCUT2D eigenvalue weighted by Gasteiger charge is -2.20. The molecule has 0 saturated carbocycles. The molecule has 0 radical (unpaired) electrons. The van der Waals surface area contributed by atoms with Crippen LogP contribution in [-0.2, 0) is 9.53 Å². The van der Waals surface area contributed by atoms with Gasteiger partial charge in [0.15, 0.2) is 17.3 Å². The molecular weight excluding hydrogens is 334 g/mol. The molecule has 0 atom stereocenters. The summed E-state index contributed by atoms with van der Waals surface area (Å²) in [6.45, 7) is 2.41. The first kappa shape index (κ1) is 15.9. The largest absolute Gasteiger partial charge is 0.464 e. The second kappa shape index (κ2) is 6.36. The number of anilines is 1. The molecule has 3 aromatic rings. The zero-order valence-electron chi connectivity index (χ0n) is 14.2. The van der Waals surface area contributed by atoms with E-state index in [1.54, 1.807) is 17.3 Å². The fourth-order valence-electron chi connectivity index (χ4n) is 2.67. The number of methoxy groups -OCH3 is 1. The zero-order valence-corrected chi connectivity index (χ0v) is 14.2. The number of esters is 1. The van der Waals surface area contributed by atoms with E-state index in [-0.39, 0.29) is 5.70 Å². The number of fused-ring (bicyclic) bond motifs is 1. The van der Waals surface area contributed by atoms with E-state index in [4.69, 9.17) is 4.74 Å². The average Bonchev–Trinajstić information content (AvgIpc) is 3.08. The van der Waals surface area contributed by atoms with Gasteiger partial charge >= 0.3 is 5.97 Å². The molecule has 0 aliphatic carbocycles. The predicted molar refractivity (Wildman–Crippen MR) is 95.6 cm³/mol. The van der Waals surface area contributed by atoms with Crippen LogP contribution in [0.1, 0.15) is 5.69 Å². The maximum Gasteiger partial charge on any atom is 0.358 e. The Bertz CT molecular complexity index is 1050. The van der Waals surface area contributed by atoms with E-state index in [0.29, 0.717) is 18.2 Å². The van der Waals surface area contributed by atoms with Crippen LogP contribution in [0, 0.1) is 6.92 Å². The molecule has 1 aliphatic heterocycles. The van der Waals surface area contributed by atoms with Crippen molar-refractivity contribution in [2.24, 2.45) is 4.99 Å². The van der Waals surface area contributed by atoms with Crippen molar-refractivity contribution in [3.05, 3.63) is 42.0 Å². The number of hydrogen-bond acceptors (Lipinski definition) is 8. The molecule has 0 unspecified atom stereocenters. The van der Waals surface area contributed by atoms with Crippen molar-refractivity contribution in [1.29, 1.82) is 0 Å². The quantitative estimate of drug-likeness (QED) is 0.716. The van der Waals surface area contributed by atoms with Crippen LogP contribution in [0.15, 0.2) is 41.3 Å². The number of aromatic nitrogens is 5. The number of carbonyl (C=O) groups excluding carboxylic acids is 1. The van der Waals surface area contributed by atoms with Crippen molar-refractivity contribution in [2.45, 2.75) is 6.92 Å². The third-order valence-corrected chi connectivity index (χ3v) is 4.03. The van der Waals surface area contributed by atoms with Gasteiger partial charge in [-0.05, 0) is 25.1 Å². The van der Waals surface area contributed by atoms with Crippen molar-refractivity contribution in [2.75, 3.05) is 18.6 Å². The molecule has 9 heteroatoms. The van der Waals surface area contributed by atoms with Crippen LogP contribution >= 0.6 is 0 Å². The van der Waals surface area contributed by atoms with Gasteiger partial charge in [-0.25, -0.2) is 9.78 Å². The van der Waals surface area contributed by atoms with Crippen molar-refractivity contribution >= 4 is 28.9 Å². The number of aliphatic imine (C=N–C) groups is 1. The third kappa shape index (κ3) is 2.79. The maximum absolute atomic E-state index is 11.7. The van der Waals surface area contributed by atoms with Gasteiger partial charge in [-0.3, -0.25) is 10.1 Å². The summed E-state index contributed by atoms with van der Waals surface area (Å²) in [4.78, 5) is 22.0. The molecule has 9 nitrogen and oxygen atoms in total. The van der Waals surface area contributed by atoms with Crippen molar-refractivity contribution in [3.8, 4) is 11.4 Å². The number of ether oxygens (including phenoxy) is 1. The Morgan fingerprint density at radius 3 is 3.08 bits per heavy atom. The Kier molecular flexibility index (Phi) is 3.88. The Labute approximate surface area is 148 Å². The third-order valence-electron chi connectivity index (χ3n) is 4.03. The van der Waals surface area contributed by atoms with Gasteiger partial charge in [-0.2, -0.15) is 10.2 Å². The first-order valence-corrected chi connectivity index (χ1v) is 7.90. The molecule has 1 aromatic carbocycles. The van der Waals surface area contributed by atoms with Crippen LogP contribution in [0.25, 0.3) is 22.3 Å². The standard InChI is InChI=1S/C17H15N7O2/c1-10-12-7-11(3-4-13(12)22-21-10)16-20-15(8-19-23-16)24-6-5-18-14(9-24)17(25)26-2/h3-5,7-9H,6H2,1-2H3,(H,21,22). The van der Waals surface area contributed by atoms with Gasteiger partial charge in [0.05, 0.1) is 31.1 Å². The smallest absolute Gasteiger partial charge is 0.358 e. The molecule has 26 heavy (non-hydrogen) atoms. The SMILES string of the molecule is COC(=O)C1=CN(c2cnnc(-c3ccc4[nH]nc(C)c4c3)n2)CC=N1. The van der Waals surface area contributed by atoms with Gasteiger partial charge in [0.1, 0.15) is 0 Å². The monoisotopic (exact) mass is 349 g/mol. The highest BCUT2D eigenvalue weighted by Gasteiger charge is 2.17. The van der Waals surface area contributed by atoms with Crippen molar-refractivity contribution in [3.63, 3.8) is 0 Å². The molecule has 2 aromatic heterocycles. The van der Waals surface area contributed by atoms with Crippen molar-refractivity contribution in [1.82, 2.24) is 25.4 Å². The summed E-state index contributed by atoms with van der Waals surface area (Å²) < 4.78 is 4.71. The number of aromatic amines is 1. The van der Waals surface area contributed by atoms with Gasteiger partial charge in [0.2, 0.25) is 0 Å². The normalized spacial score (nSPS) is 13.8. The zero-order chi connectivity index (χ0) is 18.1. The molecule has 1 aliphatic rings. The van der Waals surface area contributed by atoms with E-state index < -0.39 is 5.97 Å². The van der Waals surface area contributed by atoms with E-state index in [0.717, 1.165) is 22.2 Å². The van der Waals surface area contributed by atoms with E-state index in [1.165, 1.54) is 13.3 Å². The second-order valence-electron chi connectivity index (χ2n) is 5.68. The lowest BCUT2D eigenvalue weighted by molar-refractivity contribution is -0.136. The summed E-state index contributed by atoms with van der Waals surface area (Å²) in [6.07, 6.45) is 4.74. The van der Waals surface area contributed by atoms with Gasteiger partial charge in [-0.1, -0.05) is 0 Å². The predicted octanol–water partition coefficient (Wildman–Crippen LogP) is 1.63. The fourth-order valence-corrected chi connectivity index (χ4v) is 2.67. The Hall–Kier alpha value is -3.62. The minimum atomic E-state index is -0.505. The molecule has 0 spiro atoms. The molecule has 1 N–H and O–H groups in total. The molecular formula is C17H15N7O2. The highest BCUT2D eigenvalue weighted by molar-refractivity contribution is 5.92. The van der Waals surface area contributed by atoms with Gasteiger partial charge < -0.3 is 9.64 Å². The summed E-state index contributed by atoms with van der Waals surface area (Å²) in [5, 5.41) is 16.4. The van der Waals surface area contributed by atoms with Crippen LogP contribution in [0.5, 0.6) is 0 Å². The Morgan fingerprint density at radius 1 is 1.35 bits per heavy atom. The van der Waals surface area contributed by atoms with E-state index in [2.05, 4.69) is 30.4 Å². The van der Waals surface area contributed by atoms with Crippen LogP contribution in [-0.4, -0.2) is 51.2 Å². The summed E-state index contributed by atoms with van der Waals surface area (Å²) >= 11 is 0. The Balaban J connectivity index is 1.70. The van der Waals surface area contributed by atoms with Crippen molar-refractivity contribution < 1.29 is 9.53 Å². The summed E-state index contributed by atoms with van der Waals surface area (Å²) in [5.41, 5.74) is 2.89. The minimum Gasteiger partial charge on any atom is -0.464 e. The average molecular weight is 349 g/mol. The summed E-state index contributed by atoms with van der Waals surface area (Å²) in [7, 11) is 1.32. The maximum atomic E-state index is 11.7. The number of nitrogens with zero attached hydrogens (tertiary/aromatic N) is 6. The minimum absolute atomic E-state index is 0.203. The lowest BCUT2D eigenvalue weighted by Crippen LogP contribution is -2.25. The number of nitrogens with one attached hydrogen (secondary N) is 1. The molecule has 0 saturated heterocycles. The molecule has 3 heterocycles. The van der Waals surface area contributed by atoms with E-state index in [1.807, 2.05) is 25.1 Å². The van der Waals surface area contributed by atoms with Crippen LogP contribution < -0.4 is 4.90 Å². The summed E-state index contributed by atoms with van der Waals surface area (Å²) in [5.74, 6) is 0.543. The molecule has 0 amide bonds. The molecule has 0 bridgehead atoms. The van der Waals surface area contributed by atoms with Gasteiger partial charge in [0, 0.05) is 23.4 Å². The number of H-pyrrole nitrogens is 1. The lowest BCUT2D eigenvalue weighted by atomic mass is 10.1. The number of hydrogen-bond donors (Lipinski definition) is 1. The molecule has 4 rings (SSSR count). The van der Waals surface area contributed by atoms with Crippen LogP contribution in [0.4, 0.5) is 5.82 Å². The topological polar surface area (TPSA) is 109 Å². The molecule has 130 valence electrons. The van der Waals surface area contributed by atoms with E-state index in [9.17, 15) is 4.79 Å². The number of carbonyl (C=O) groups is 1. The van der Waals surface area contributed by atoms with Gasteiger partial charge in [0.25, 0.3) is 0 Å². The number of aryl methyl sites for hydroxylation is 1. The highest BCUT2D eigenvalue weighted by Crippen LogP contribution is 2.24. The van der Waals surface area contributed by atoms with Crippen LogP contribution in [0.2, 0.25) is 0 Å². The molecule has 0 fully saturated rings. The van der Waals surface area contributed by atoms with E-state index >= 15 is 0 Å². The summed E-state index contributed by atoms with van der Waals surface area (Å²) in [6, 6.07) is 5.82. The first-order valence-electron chi connectivity index (χ1n) is 7.90. The van der Waals surface area contributed by atoms with Gasteiger partial charge in [-0.15, -0.1) is 5.10 Å². The van der Waals surface area contributed by atoms with Crippen LogP contribution in [0.3, 0.4) is 0 Å². The highest BCUT2D eigenvalue weighted by atomic mass is 16.5.